The molecule has 1 aromatic carbocycles. The molecule has 126 valence electrons. The van der Waals surface area contributed by atoms with E-state index < -0.39 is 0 Å². The van der Waals surface area contributed by atoms with Crippen LogP contribution in [0.15, 0.2) is 64.6 Å². The molecule has 0 radical (unpaired) electrons. The first-order chi connectivity index (χ1) is 12.2. The lowest BCUT2D eigenvalue weighted by molar-refractivity contribution is 0.0939. The minimum atomic E-state index is -0.0895. The molecule has 0 aliphatic rings. The fraction of sp³-hybridized carbons (Fsp3) is 0.150. The van der Waals surface area contributed by atoms with Crippen molar-refractivity contribution in [1.29, 1.82) is 0 Å². The highest BCUT2D eigenvalue weighted by molar-refractivity contribution is 7.16. The highest BCUT2D eigenvalue weighted by Crippen LogP contribution is 2.27. The third-order valence-corrected chi connectivity index (χ3v) is 5.28. The number of nitrogens with zero attached hydrogens (tertiary/aromatic N) is 1. The smallest absolute Gasteiger partial charge is 0.268 e. The van der Waals surface area contributed by atoms with Gasteiger partial charge in [-0.05, 0) is 47.7 Å². The summed E-state index contributed by atoms with van der Waals surface area (Å²) in [6.45, 7) is 3.16. The number of carbonyl (C=O) groups excluding carboxylic acids is 1. The summed E-state index contributed by atoms with van der Waals surface area (Å²) in [6.07, 6.45) is 1.61. The zero-order valence-electron chi connectivity index (χ0n) is 13.9. The predicted molar refractivity (Wildman–Crippen MR) is 100.0 cm³/mol. The Hall–Kier alpha value is -2.79. The highest BCUT2D eigenvalue weighted by atomic mass is 32.1. The van der Waals surface area contributed by atoms with E-state index in [2.05, 4.69) is 40.4 Å². The summed E-state index contributed by atoms with van der Waals surface area (Å²) < 4.78 is 7.38. The van der Waals surface area contributed by atoms with Gasteiger partial charge in [-0.1, -0.05) is 24.3 Å². The molecular weight excluding hydrogens is 332 g/mol. The number of aromatic nitrogens is 1. The fourth-order valence-corrected chi connectivity index (χ4v) is 3.85. The maximum atomic E-state index is 12.7. The van der Waals surface area contributed by atoms with Crippen LogP contribution in [0.3, 0.4) is 0 Å². The first-order valence-corrected chi connectivity index (χ1v) is 9.02. The van der Waals surface area contributed by atoms with E-state index in [0.29, 0.717) is 18.8 Å². The first kappa shape index (κ1) is 15.7. The van der Waals surface area contributed by atoms with Gasteiger partial charge < -0.3 is 14.3 Å². The minimum Gasteiger partial charge on any atom is -0.467 e. The number of rotatable bonds is 5. The Morgan fingerprint density at radius 3 is 2.88 bits per heavy atom. The second-order valence-corrected chi connectivity index (χ2v) is 6.88. The standard InChI is InChI=1S/C20H18N2O2S/c1-14-5-2-3-6-16(14)13-22-18(11-15-8-10-25-20(15)22)19(23)21-12-17-7-4-9-24-17/h2-11H,12-13H2,1H3,(H,21,23). The van der Waals surface area contributed by atoms with Gasteiger partial charge in [0, 0.05) is 11.9 Å². The molecule has 0 saturated heterocycles. The number of furan rings is 1. The number of aryl methyl sites for hydroxylation is 1. The summed E-state index contributed by atoms with van der Waals surface area (Å²) in [4.78, 5) is 13.9. The SMILES string of the molecule is Cc1ccccc1Cn1c(C(=O)NCc2ccco2)cc2ccsc21. The molecule has 0 unspecified atom stereocenters. The van der Waals surface area contributed by atoms with Crippen LogP contribution in [-0.2, 0) is 13.1 Å². The van der Waals surface area contributed by atoms with E-state index in [1.165, 1.54) is 11.1 Å². The quantitative estimate of drug-likeness (QED) is 0.572. The van der Waals surface area contributed by atoms with Gasteiger partial charge in [-0.25, -0.2) is 0 Å². The molecule has 3 heterocycles. The molecular formula is C20H18N2O2S. The van der Waals surface area contributed by atoms with Crippen LogP contribution in [0.1, 0.15) is 27.4 Å². The van der Waals surface area contributed by atoms with E-state index >= 15 is 0 Å². The number of benzene rings is 1. The van der Waals surface area contributed by atoms with Crippen LogP contribution < -0.4 is 5.32 Å². The van der Waals surface area contributed by atoms with E-state index in [9.17, 15) is 4.79 Å². The number of fused-ring (bicyclic) bond motifs is 1. The number of hydrogen-bond acceptors (Lipinski definition) is 3. The van der Waals surface area contributed by atoms with Crippen molar-refractivity contribution in [1.82, 2.24) is 9.88 Å². The van der Waals surface area contributed by atoms with Crippen LogP contribution in [0.5, 0.6) is 0 Å². The van der Waals surface area contributed by atoms with Gasteiger partial charge in [0.05, 0.1) is 12.8 Å². The average molecular weight is 350 g/mol. The molecule has 1 N–H and O–H groups in total. The fourth-order valence-electron chi connectivity index (χ4n) is 2.95. The Morgan fingerprint density at radius 2 is 2.08 bits per heavy atom. The number of hydrogen-bond donors (Lipinski definition) is 1. The van der Waals surface area contributed by atoms with E-state index in [0.717, 1.165) is 16.0 Å². The second kappa shape index (κ2) is 6.61. The predicted octanol–water partition coefficient (Wildman–Crippen LogP) is 4.58. The summed E-state index contributed by atoms with van der Waals surface area (Å²) in [7, 11) is 0. The Bertz CT molecular complexity index is 1010. The Morgan fingerprint density at radius 1 is 1.20 bits per heavy atom. The Balaban J connectivity index is 1.65. The number of thiophene rings is 1. The van der Waals surface area contributed by atoms with E-state index in [4.69, 9.17) is 4.42 Å². The second-order valence-electron chi connectivity index (χ2n) is 5.99. The van der Waals surface area contributed by atoms with Gasteiger partial charge in [-0.2, -0.15) is 0 Å². The van der Waals surface area contributed by atoms with Crippen LogP contribution in [0.25, 0.3) is 10.2 Å². The molecule has 0 spiro atoms. The van der Waals surface area contributed by atoms with Crippen LogP contribution >= 0.6 is 11.3 Å². The van der Waals surface area contributed by atoms with Crippen LogP contribution in [0, 0.1) is 6.92 Å². The van der Waals surface area contributed by atoms with Crippen molar-refractivity contribution in [2.45, 2.75) is 20.0 Å². The normalized spacial score (nSPS) is 11.1. The van der Waals surface area contributed by atoms with Crippen LogP contribution in [0.4, 0.5) is 0 Å². The molecule has 25 heavy (non-hydrogen) atoms. The molecule has 0 atom stereocenters. The van der Waals surface area contributed by atoms with Gasteiger partial charge in [0.2, 0.25) is 0 Å². The number of carbonyl (C=O) groups is 1. The van der Waals surface area contributed by atoms with Crippen molar-refractivity contribution in [3.63, 3.8) is 0 Å². The lowest BCUT2D eigenvalue weighted by atomic mass is 10.1. The molecule has 5 heteroatoms. The third-order valence-electron chi connectivity index (χ3n) is 4.33. The highest BCUT2D eigenvalue weighted by Gasteiger charge is 2.17. The summed E-state index contributed by atoms with van der Waals surface area (Å²) in [5, 5.41) is 6.10. The Labute approximate surface area is 149 Å². The topological polar surface area (TPSA) is 47.2 Å². The zero-order chi connectivity index (χ0) is 17.2. The number of amides is 1. The van der Waals surface area contributed by atoms with Gasteiger partial charge in [0.1, 0.15) is 16.3 Å². The molecule has 4 aromatic rings. The molecule has 1 amide bonds. The summed E-state index contributed by atoms with van der Waals surface area (Å²) in [5.74, 6) is 0.653. The van der Waals surface area contributed by atoms with Gasteiger partial charge in [0.25, 0.3) is 5.91 Å². The molecule has 0 aliphatic heterocycles. The molecule has 0 saturated carbocycles. The maximum absolute atomic E-state index is 12.7. The van der Waals surface area contributed by atoms with Gasteiger partial charge in [0.15, 0.2) is 0 Å². The lowest BCUT2D eigenvalue weighted by Gasteiger charge is -2.12. The van der Waals surface area contributed by atoms with Gasteiger partial charge in [-0.15, -0.1) is 11.3 Å². The van der Waals surface area contributed by atoms with Gasteiger partial charge in [-0.3, -0.25) is 4.79 Å². The zero-order valence-corrected chi connectivity index (χ0v) is 14.7. The first-order valence-electron chi connectivity index (χ1n) is 8.14. The van der Waals surface area contributed by atoms with Crippen molar-refractivity contribution >= 4 is 27.5 Å². The van der Waals surface area contributed by atoms with Crippen LogP contribution in [-0.4, -0.2) is 10.5 Å². The lowest BCUT2D eigenvalue weighted by Crippen LogP contribution is -2.25. The maximum Gasteiger partial charge on any atom is 0.268 e. The van der Waals surface area contributed by atoms with Crippen molar-refractivity contribution in [2.24, 2.45) is 0 Å². The average Bonchev–Trinajstić information content (AvgIpc) is 3.33. The molecule has 0 aliphatic carbocycles. The summed E-state index contributed by atoms with van der Waals surface area (Å²) >= 11 is 1.66. The summed E-state index contributed by atoms with van der Waals surface area (Å²) in [5.41, 5.74) is 3.12. The number of nitrogens with one attached hydrogen (secondary N) is 1. The van der Waals surface area contributed by atoms with Crippen molar-refractivity contribution in [3.8, 4) is 0 Å². The van der Waals surface area contributed by atoms with E-state index in [1.54, 1.807) is 17.6 Å². The van der Waals surface area contributed by atoms with Crippen molar-refractivity contribution < 1.29 is 9.21 Å². The molecule has 0 fully saturated rings. The minimum absolute atomic E-state index is 0.0895. The third kappa shape index (κ3) is 3.10. The monoisotopic (exact) mass is 350 g/mol. The van der Waals surface area contributed by atoms with Crippen molar-refractivity contribution in [3.05, 3.63) is 82.8 Å². The van der Waals surface area contributed by atoms with E-state index in [-0.39, 0.29) is 5.91 Å². The van der Waals surface area contributed by atoms with E-state index in [1.807, 2.05) is 30.3 Å². The molecule has 3 aromatic heterocycles. The van der Waals surface area contributed by atoms with Crippen LogP contribution in [0.2, 0.25) is 0 Å². The molecule has 4 rings (SSSR count). The molecule has 4 nitrogen and oxygen atoms in total. The Kier molecular flexibility index (Phi) is 4.15. The largest absolute Gasteiger partial charge is 0.467 e. The van der Waals surface area contributed by atoms with Crippen molar-refractivity contribution in [2.75, 3.05) is 0 Å². The van der Waals surface area contributed by atoms with Gasteiger partial charge >= 0.3 is 0 Å². The summed E-state index contributed by atoms with van der Waals surface area (Å²) in [6, 6.07) is 16.0. The molecule has 0 bridgehead atoms.